The van der Waals surface area contributed by atoms with Gasteiger partial charge in [-0.3, -0.25) is 20.2 Å². The van der Waals surface area contributed by atoms with Crippen LogP contribution in [-0.2, 0) is 0 Å². The molecule has 19 heavy (non-hydrogen) atoms. The maximum atomic E-state index is 10.8. The van der Waals surface area contributed by atoms with Crippen LogP contribution in [0, 0.1) is 20.2 Å². The smallest absolute Gasteiger partial charge is 0.331 e. The molecule has 0 fully saturated rings. The summed E-state index contributed by atoms with van der Waals surface area (Å²) in [6.07, 6.45) is 2.55. The summed E-state index contributed by atoms with van der Waals surface area (Å²) < 4.78 is 5.06. The summed E-state index contributed by atoms with van der Waals surface area (Å²) in [5.74, 6) is -0.705. The Kier molecular flexibility index (Phi) is 3.28. The number of nitro groups is 2. The summed E-state index contributed by atoms with van der Waals surface area (Å²) in [5, 5.41) is 21.5. The van der Waals surface area contributed by atoms with Crippen molar-refractivity contribution in [2.75, 3.05) is 0 Å². The molecular formula is C10H6N4O5. The maximum Gasteiger partial charge on any atom is 0.331 e. The van der Waals surface area contributed by atoms with E-state index in [1.165, 1.54) is 36.7 Å². The number of aromatic nitrogens is 2. The molecule has 0 aliphatic heterocycles. The first-order chi connectivity index (χ1) is 9.09. The van der Waals surface area contributed by atoms with Gasteiger partial charge in [0.25, 0.3) is 0 Å². The summed E-state index contributed by atoms with van der Waals surface area (Å²) in [5.41, 5.74) is -0.801. The standard InChI is InChI=1S/C10H6N4O5/c15-13(16)7-3-1-5-11-9(7)19-10-8(14(17)18)4-2-6-12-10/h1-6H. The van der Waals surface area contributed by atoms with Crippen LogP contribution in [0.4, 0.5) is 11.4 Å². The molecular weight excluding hydrogens is 256 g/mol. The first-order valence-corrected chi connectivity index (χ1v) is 4.96. The Morgan fingerprint density at radius 2 is 1.32 bits per heavy atom. The molecule has 0 saturated heterocycles. The van der Waals surface area contributed by atoms with Crippen LogP contribution in [0.3, 0.4) is 0 Å². The predicted molar refractivity (Wildman–Crippen MR) is 61.9 cm³/mol. The zero-order chi connectivity index (χ0) is 13.8. The van der Waals surface area contributed by atoms with E-state index in [9.17, 15) is 20.2 Å². The van der Waals surface area contributed by atoms with Crippen molar-refractivity contribution >= 4 is 11.4 Å². The number of rotatable bonds is 4. The molecule has 2 aromatic heterocycles. The van der Waals surface area contributed by atoms with Crippen molar-refractivity contribution in [1.29, 1.82) is 0 Å². The molecule has 96 valence electrons. The van der Waals surface area contributed by atoms with E-state index in [1.54, 1.807) is 0 Å². The van der Waals surface area contributed by atoms with E-state index in [-0.39, 0.29) is 11.8 Å². The second-order valence-electron chi connectivity index (χ2n) is 3.27. The van der Waals surface area contributed by atoms with Crippen molar-refractivity contribution in [3.63, 3.8) is 0 Å². The highest BCUT2D eigenvalue weighted by molar-refractivity contribution is 5.46. The second kappa shape index (κ2) is 5.04. The first kappa shape index (κ1) is 12.4. The molecule has 0 aromatic carbocycles. The van der Waals surface area contributed by atoms with E-state index >= 15 is 0 Å². The van der Waals surface area contributed by atoms with Crippen LogP contribution in [0.5, 0.6) is 11.8 Å². The van der Waals surface area contributed by atoms with Gasteiger partial charge in [-0.1, -0.05) is 0 Å². The van der Waals surface area contributed by atoms with Crippen LogP contribution in [0.25, 0.3) is 0 Å². The Morgan fingerprint density at radius 3 is 1.68 bits per heavy atom. The van der Waals surface area contributed by atoms with Gasteiger partial charge < -0.3 is 4.74 Å². The van der Waals surface area contributed by atoms with E-state index in [1.807, 2.05) is 0 Å². The SMILES string of the molecule is O=[N+]([O-])c1cccnc1Oc1ncccc1[N+](=O)[O-]. The lowest BCUT2D eigenvalue weighted by Crippen LogP contribution is -1.99. The van der Waals surface area contributed by atoms with E-state index in [2.05, 4.69) is 9.97 Å². The fourth-order valence-corrected chi connectivity index (χ4v) is 1.29. The van der Waals surface area contributed by atoms with Crippen LogP contribution in [0.15, 0.2) is 36.7 Å². The van der Waals surface area contributed by atoms with Gasteiger partial charge in [0.2, 0.25) is 0 Å². The summed E-state index contributed by atoms with van der Waals surface area (Å²) in [6, 6.07) is 5.07. The highest BCUT2D eigenvalue weighted by atomic mass is 16.6. The predicted octanol–water partition coefficient (Wildman–Crippen LogP) is 2.09. The van der Waals surface area contributed by atoms with Crippen LogP contribution in [0.2, 0.25) is 0 Å². The molecule has 0 amide bonds. The number of nitrogens with zero attached hydrogens (tertiary/aromatic N) is 4. The van der Waals surface area contributed by atoms with Gasteiger partial charge in [0.1, 0.15) is 0 Å². The minimum absolute atomic E-state index is 0.352. The zero-order valence-corrected chi connectivity index (χ0v) is 9.29. The van der Waals surface area contributed by atoms with E-state index in [0.717, 1.165) is 0 Å². The largest absolute Gasteiger partial charge is 0.408 e. The Morgan fingerprint density at radius 1 is 0.895 bits per heavy atom. The summed E-state index contributed by atoms with van der Waals surface area (Å²) in [6.45, 7) is 0. The minimum Gasteiger partial charge on any atom is -0.408 e. The van der Waals surface area contributed by atoms with Crippen molar-refractivity contribution in [2.45, 2.75) is 0 Å². The number of pyridine rings is 2. The van der Waals surface area contributed by atoms with Gasteiger partial charge in [-0.25, -0.2) is 9.97 Å². The van der Waals surface area contributed by atoms with Crippen LogP contribution in [0.1, 0.15) is 0 Å². The van der Waals surface area contributed by atoms with Gasteiger partial charge in [-0.15, -0.1) is 0 Å². The van der Waals surface area contributed by atoms with Crippen molar-refractivity contribution in [2.24, 2.45) is 0 Å². The van der Waals surface area contributed by atoms with Crippen molar-refractivity contribution < 1.29 is 14.6 Å². The van der Waals surface area contributed by atoms with E-state index < -0.39 is 21.2 Å². The average Bonchev–Trinajstić information content (AvgIpc) is 2.39. The fraction of sp³-hybridized carbons (Fsp3) is 0. The second-order valence-corrected chi connectivity index (χ2v) is 3.27. The lowest BCUT2D eigenvalue weighted by molar-refractivity contribution is -0.388. The molecule has 9 heteroatoms. The highest BCUT2D eigenvalue weighted by Crippen LogP contribution is 2.32. The molecule has 0 N–H and O–H groups in total. The monoisotopic (exact) mass is 262 g/mol. The highest BCUT2D eigenvalue weighted by Gasteiger charge is 2.22. The van der Waals surface area contributed by atoms with Crippen molar-refractivity contribution in [1.82, 2.24) is 9.97 Å². The van der Waals surface area contributed by atoms with E-state index in [0.29, 0.717) is 0 Å². The van der Waals surface area contributed by atoms with Crippen molar-refractivity contribution in [3.8, 4) is 11.8 Å². The first-order valence-electron chi connectivity index (χ1n) is 4.96. The van der Waals surface area contributed by atoms with Gasteiger partial charge in [0, 0.05) is 24.5 Å². The molecule has 0 radical (unpaired) electrons. The average molecular weight is 262 g/mol. The Labute approximate surface area is 105 Å². The molecule has 0 unspecified atom stereocenters. The number of hydrogen-bond donors (Lipinski definition) is 0. The number of ether oxygens (including phenoxy) is 1. The van der Waals surface area contributed by atoms with Crippen LogP contribution in [-0.4, -0.2) is 19.8 Å². The van der Waals surface area contributed by atoms with E-state index in [4.69, 9.17) is 4.74 Å². The molecule has 0 saturated carbocycles. The molecule has 2 rings (SSSR count). The van der Waals surface area contributed by atoms with Gasteiger partial charge in [-0.05, 0) is 12.1 Å². The van der Waals surface area contributed by atoms with Gasteiger partial charge in [-0.2, -0.15) is 0 Å². The molecule has 0 atom stereocenters. The van der Waals surface area contributed by atoms with Crippen LogP contribution < -0.4 is 4.74 Å². The van der Waals surface area contributed by atoms with Gasteiger partial charge in [0.05, 0.1) is 9.85 Å². The molecule has 2 heterocycles. The summed E-state index contributed by atoms with van der Waals surface area (Å²) in [4.78, 5) is 27.5. The summed E-state index contributed by atoms with van der Waals surface area (Å²) >= 11 is 0. The van der Waals surface area contributed by atoms with Crippen molar-refractivity contribution in [3.05, 3.63) is 56.9 Å². The Hall–Kier alpha value is -3.10. The molecule has 0 bridgehead atoms. The molecule has 0 spiro atoms. The third-order valence-electron chi connectivity index (χ3n) is 2.09. The van der Waals surface area contributed by atoms with Gasteiger partial charge >= 0.3 is 23.1 Å². The molecule has 0 aliphatic rings. The normalized spacial score (nSPS) is 9.89. The molecule has 9 nitrogen and oxygen atoms in total. The lowest BCUT2D eigenvalue weighted by Gasteiger charge is -2.03. The Balaban J connectivity index is 2.42. The topological polar surface area (TPSA) is 121 Å². The van der Waals surface area contributed by atoms with Gasteiger partial charge in [0.15, 0.2) is 0 Å². The number of hydrogen-bond acceptors (Lipinski definition) is 7. The quantitative estimate of drug-likeness (QED) is 0.610. The maximum absolute atomic E-state index is 10.8. The van der Waals surface area contributed by atoms with Crippen LogP contribution >= 0.6 is 0 Å². The third kappa shape index (κ3) is 2.60. The minimum atomic E-state index is -0.697. The molecule has 2 aromatic rings. The summed E-state index contributed by atoms with van der Waals surface area (Å²) in [7, 11) is 0. The Bertz CT molecular complexity index is 590. The molecule has 0 aliphatic carbocycles. The lowest BCUT2D eigenvalue weighted by atomic mass is 10.4. The fourth-order valence-electron chi connectivity index (χ4n) is 1.29. The third-order valence-corrected chi connectivity index (χ3v) is 2.09. The zero-order valence-electron chi connectivity index (χ0n) is 9.29.